The molecule has 2 nitrogen and oxygen atoms in total. The Morgan fingerprint density at radius 1 is 0.833 bits per heavy atom. The molecular formula is C6H3Br4NO. The van der Waals surface area contributed by atoms with Gasteiger partial charge in [-0.25, -0.2) is 0 Å². The third kappa shape index (κ3) is 1.66. The summed E-state index contributed by atoms with van der Waals surface area (Å²) in [7, 11) is 0. The molecule has 0 aromatic heterocycles. The van der Waals surface area contributed by atoms with Gasteiger partial charge in [0.1, 0.15) is 5.75 Å². The van der Waals surface area contributed by atoms with Crippen LogP contribution in [-0.4, -0.2) is 5.11 Å². The third-order valence-corrected chi connectivity index (χ3v) is 5.53. The van der Waals surface area contributed by atoms with Crippen molar-refractivity contribution in [2.24, 2.45) is 0 Å². The first-order chi connectivity index (χ1) is 5.46. The lowest BCUT2D eigenvalue weighted by Gasteiger charge is -2.08. The topological polar surface area (TPSA) is 46.2 Å². The number of hydrogen-bond acceptors (Lipinski definition) is 2. The Balaban J connectivity index is 3.60. The molecule has 12 heavy (non-hydrogen) atoms. The highest BCUT2D eigenvalue weighted by Gasteiger charge is 2.15. The summed E-state index contributed by atoms with van der Waals surface area (Å²) in [6.45, 7) is 0. The summed E-state index contributed by atoms with van der Waals surface area (Å²) in [6, 6.07) is 0. The van der Waals surface area contributed by atoms with Crippen LogP contribution in [-0.2, 0) is 0 Å². The fraction of sp³-hybridized carbons (Fsp3) is 0. The number of phenols is 1. The van der Waals surface area contributed by atoms with Gasteiger partial charge in [0.15, 0.2) is 0 Å². The van der Waals surface area contributed by atoms with E-state index in [-0.39, 0.29) is 5.75 Å². The maximum Gasteiger partial charge on any atom is 0.146 e. The molecule has 6 heteroatoms. The minimum atomic E-state index is 0.114. The summed E-state index contributed by atoms with van der Waals surface area (Å²) >= 11 is 12.8. The fourth-order valence-electron chi connectivity index (χ4n) is 0.637. The van der Waals surface area contributed by atoms with E-state index in [0.29, 0.717) is 23.6 Å². The molecule has 0 fully saturated rings. The van der Waals surface area contributed by atoms with Crippen molar-refractivity contribution in [2.75, 3.05) is 5.73 Å². The van der Waals surface area contributed by atoms with Crippen molar-refractivity contribution in [1.29, 1.82) is 0 Å². The lowest BCUT2D eigenvalue weighted by Crippen LogP contribution is -1.91. The molecule has 0 saturated heterocycles. The highest BCUT2D eigenvalue weighted by Crippen LogP contribution is 2.46. The Labute approximate surface area is 103 Å². The van der Waals surface area contributed by atoms with Crippen LogP contribution in [0.1, 0.15) is 0 Å². The van der Waals surface area contributed by atoms with Crippen LogP contribution in [0, 0.1) is 0 Å². The number of anilines is 1. The number of nitrogens with two attached hydrogens (primary N) is 1. The van der Waals surface area contributed by atoms with Crippen LogP contribution in [0.4, 0.5) is 5.69 Å². The van der Waals surface area contributed by atoms with Crippen molar-refractivity contribution in [3.63, 3.8) is 0 Å². The zero-order valence-electron chi connectivity index (χ0n) is 5.54. The predicted octanol–water partition coefficient (Wildman–Crippen LogP) is 4.02. The average Bonchev–Trinajstić information content (AvgIpc) is 2.08. The third-order valence-electron chi connectivity index (χ3n) is 1.27. The smallest absolute Gasteiger partial charge is 0.146 e. The van der Waals surface area contributed by atoms with Crippen molar-refractivity contribution in [1.82, 2.24) is 0 Å². The molecule has 0 spiro atoms. The van der Waals surface area contributed by atoms with Crippen LogP contribution >= 0.6 is 63.7 Å². The first-order valence-corrected chi connectivity index (χ1v) is 5.94. The predicted molar refractivity (Wildman–Crippen MR) is 63.3 cm³/mol. The van der Waals surface area contributed by atoms with Crippen molar-refractivity contribution in [3.05, 3.63) is 17.9 Å². The Kier molecular flexibility index (Phi) is 3.48. The van der Waals surface area contributed by atoms with E-state index in [2.05, 4.69) is 63.7 Å². The Bertz CT molecular complexity index is 234. The summed E-state index contributed by atoms with van der Waals surface area (Å²) in [5.74, 6) is 0.114. The van der Waals surface area contributed by atoms with Crippen molar-refractivity contribution >= 4 is 69.4 Å². The minimum Gasteiger partial charge on any atom is -0.505 e. The number of rotatable bonds is 0. The summed E-state index contributed by atoms with van der Waals surface area (Å²) in [5, 5.41) is 9.48. The van der Waals surface area contributed by atoms with E-state index in [0.717, 1.165) is 0 Å². The molecule has 1 aromatic rings. The summed E-state index contributed by atoms with van der Waals surface area (Å²) in [5.41, 5.74) is 6.22. The van der Waals surface area contributed by atoms with Gasteiger partial charge >= 0.3 is 0 Å². The van der Waals surface area contributed by atoms with Gasteiger partial charge in [0.05, 0.1) is 23.6 Å². The van der Waals surface area contributed by atoms with Crippen LogP contribution in [0.5, 0.6) is 5.75 Å². The van der Waals surface area contributed by atoms with Crippen LogP contribution in [0.3, 0.4) is 0 Å². The number of halogens is 4. The second-order valence-electron chi connectivity index (χ2n) is 2.02. The van der Waals surface area contributed by atoms with Crippen LogP contribution < -0.4 is 5.73 Å². The molecule has 0 heterocycles. The number of phenolic OH excluding ortho intramolecular Hbond substituents is 1. The molecule has 0 saturated carbocycles. The van der Waals surface area contributed by atoms with Gasteiger partial charge < -0.3 is 10.8 Å². The highest BCUT2D eigenvalue weighted by molar-refractivity contribution is 9.14. The Morgan fingerprint density at radius 3 is 1.50 bits per heavy atom. The first kappa shape index (κ1) is 10.8. The molecule has 0 radical (unpaired) electrons. The lowest BCUT2D eigenvalue weighted by molar-refractivity contribution is 0.467. The molecule has 0 unspecified atom stereocenters. The maximum absolute atomic E-state index is 9.48. The van der Waals surface area contributed by atoms with Gasteiger partial charge in [-0.1, -0.05) is 0 Å². The van der Waals surface area contributed by atoms with Crippen molar-refractivity contribution in [2.45, 2.75) is 0 Å². The van der Waals surface area contributed by atoms with Gasteiger partial charge in [0.2, 0.25) is 0 Å². The Morgan fingerprint density at radius 2 is 1.17 bits per heavy atom. The molecular weight excluding hydrogens is 422 g/mol. The van der Waals surface area contributed by atoms with Gasteiger partial charge in [-0.05, 0) is 63.7 Å². The zero-order chi connectivity index (χ0) is 9.46. The molecule has 0 aliphatic heterocycles. The molecule has 3 N–H and O–H groups in total. The summed E-state index contributed by atoms with van der Waals surface area (Å²) < 4.78 is 2.34. The van der Waals surface area contributed by atoms with Gasteiger partial charge in [-0.15, -0.1) is 0 Å². The van der Waals surface area contributed by atoms with E-state index in [4.69, 9.17) is 5.73 Å². The number of hydrogen-bond donors (Lipinski definition) is 2. The van der Waals surface area contributed by atoms with Gasteiger partial charge in [0, 0.05) is 0 Å². The molecule has 0 bridgehead atoms. The van der Waals surface area contributed by atoms with Crippen LogP contribution in [0.25, 0.3) is 0 Å². The monoisotopic (exact) mass is 421 g/mol. The van der Waals surface area contributed by atoms with Gasteiger partial charge in [-0.2, -0.15) is 0 Å². The number of nitrogen functional groups attached to an aromatic ring is 1. The van der Waals surface area contributed by atoms with E-state index < -0.39 is 0 Å². The number of aromatic hydroxyl groups is 1. The second kappa shape index (κ2) is 3.86. The van der Waals surface area contributed by atoms with Gasteiger partial charge in [0.25, 0.3) is 0 Å². The Hall–Kier alpha value is 0.740. The van der Waals surface area contributed by atoms with Crippen molar-refractivity contribution < 1.29 is 5.11 Å². The summed E-state index contributed by atoms with van der Waals surface area (Å²) in [4.78, 5) is 0. The normalized spacial score (nSPS) is 10.3. The maximum atomic E-state index is 9.48. The molecule has 1 rings (SSSR count). The SMILES string of the molecule is Nc1c(Br)c(Br)c(O)c(Br)c1Br. The largest absolute Gasteiger partial charge is 0.505 e. The molecule has 66 valence electrons. The van der Waals surface area contributed by atoms with E-state index in [9.17, 15) is 5.11 Å². The first-order valence-electron chi connectivity index (χ1n) is 2.77. The van der Waals surface area contributed by atoms with Gasteiger partial charge in [-0.3, -0.25) is 0 Å². The molecule has 0 aliphatic carbocycles. The van der Waals surface area contributed by atoms with Crippen molar-refractivity contribution in [3.8, 4) is 5.75 Å². The van der Waals surface area contributed by atoms with E-state index >= 15 is 0 Å². The molecule has 0 atom stereocenters. The van der Waals surface area contributed by atoms with E-state index in [1.54, 1.807) is 0 Å². The quantitative estimate of drug-likeness (QED) is 0.375. The fourth-order valence-corrected chi connectivity index (χ4v) is 2.76. The molecule has 0 amide bonds. The van der Waals surface area contributed by atoms with Crippen LogP contribution in [0.15, 0.2) is 17.9 Å². The molecule has 1 aromatic carbocycles. The minimum absolute atomic E-state index is 0.114. The zero-order valence-corrected chi connectivity index (χ0v) is 11.9. The summed E-state index contributed by atoms with van der Waals surface area (Å²) in [6.07, 6.45) is 0. The number of benzene rings is 1. The van der Waals surface area contributed by atoms with Crippen LogP contribution in [0.2, 0.25) is 0 Å². The van der Waals surface area contributed by atoms with E-state index in [1.807, 2.05) is 0 Å². The lowest BCUT2D eigenvalue weighted by atomic mass is 10.3. The second-order valence-corrected chi connectivity index (χ2v) is 5.19. The molecule has 0 aliphatic rings. The standard InChI is InChI=1S/C6H3Br4NO/c7-1-3(9)6(12)4(10)2(8)5(1)11/h12H,11H2. The highest BCUT2D eigenvalue weighted by atomic mass is 79.9. The van der Waals surface area contributed by atoms with E-state index in [1.165, 1.54) is 0 Å². The average molecular weight is 425 g/mol.